The van der Waals surface area contributed by atoms with E-state index in [1.807, 2.05) is 18.0 Å². The highest BCUT2D eigenvalue weighted by atomic mass is 16.6. The normalized spacial score (nSPS) is 18.4. The fourth-order valence-corrected chi connectivity index (χ4v) is 4.01. The monoisotopic (exact) mass is 411 g/mol. The Balaban J connectivity index is 1.62. The van der Waals surface area contributed by atoms with Gasteiger partial charge in [-0.3, -0.25) is 4.79 Å². The zero-order valence-electron chi connectivity index (χ0n) is 17.8. The average molecular weight is 411 g/mol. The minimum Gasteiger partial charge on any atom is -0.493 e. The Morgan fingerprint density at radius 2 is 1.67 bits per heavy atom. The molecule has 0 N–H and O–H groups in total. The van der Waals surface area contributed by atoms with Gasteiger partial charge in [-0.15, -0.1) is 0 Å². The van der Waals surface area contributed by atoms with Crippen molar-refractivity contribution in [2.24, 2.45) is 0 Å². The minimum absolute atomic E-state index is 0.0454. The molecule has 1 amide bonds. The second-order valence-electron chi connectivity index (χ2n) is 7.56. The molecule has 160 valence electrons. The highest BCUT2D eigenvalue weighted by Crippen LogP contribution is 2.35. The zero-order valence-corrected chi connectivity index (χ0v) is 17.8. The Hall–Kier alpha value is -3.02. The first-order valence-electron chi connectivity index (χ1n) is 10.2. The van der Waals surface area contributed by atoms with Crippen molar-refractivity contribution in [3.05, 3.63) is 59.7 Å². The smallest absolute Gasteiger partial charge is 0.343 e. The first-order valence-corrected chi connectivity index (χ1v) is 10.2. The van der Waals surface area contributed by atoms with E-state index in [-0.39, 0.29) is 18.6 Å². The van der Waals surface area contributed by atoms with Gasteiger partial charge in [0.1, 0.15) is 0 Å². The second kappa shape index (κ2) is 10.1. The quantitative estimate of drug-likeness (QED) is 0.643. The molecule has 2 aromatic carbocycles. The first kappa shape index (κ1) is 21.7. The van der Waals surface area contributed by atoms with E-state index in [0.717, 1.165) is 25.7 Å². The summed E-state index contributed by atoms with van der Waals surface area (Å²) in [5.74, 6) is 0.840. The molecule has 30 heavy (non-hydrogen) atoms. The van der Waals surface area contributed by atoms with Crippen molar-refractivity contribution in [1.29, 1.82) is 0 Å². The van der Waals surface area contributed by atoms with Crippen LogP contribution in [0.3, 0.4) is 0 Å². The van der Waals surface area contributed by atoms with Crippen LogP contribution in [0.2, 0.25) is 0 Å². The molecule has 1 saturated carbocycles. The van der Waals surface area contributed by atoms with Crippen LogP contribution in [0, 0.1) is 0 Å². The predicted octanol–water partition coefficient (Wildman–Crippen LogP) is 4.05. The summed E-state index contributed by atoms with van der Waals surface area (Å²) < 4.78 is 15.3. The molecule has 6 nitrogen and oxygen atoms in total. The Kier molecular flexibility index (Phi) is 7.33. The van der Waals surface area contributed by atoms with Crippen LogP contribution < -0.4 is 9.47 Å². The molecule has 3 rings (SSSR count). The summed E-state index contributed by atoms with van der Waals surface area (Å²) in [5, 5.41) is 0. The van der Waals surface area contributed by atoms with Crippen molar-refractivity contribution in [3.63, 3.8) is 0 Å². The number of carbonyl (C=O) groups is 2. The average Bonchev–Trinajstić information content (AvgIpc) is 2.82. The van der Waals surface area contributed by atoms with E-state index >= 15 is 0 Å². The molecule has 0 spiro atoms. The van der Waals surface area contributed by atoms with E-state index in [2.05, 4.69) is 29.0 Å². The number of amides is 1. The molecule has 0 atom stereocenters. The molecule has 1 aliphatic carbocycles. The van der Waals surface area contributed by atoms with E-state index in [4.69, 9.17) is 9.47 Å². The third-order valence-electron chi connectivity index (χ3n) is 5.82. The number of ether oxygens (including phenoxy) is 3. The highest BCUT2D eigenvalue weighted by molar-refractivity contribution is 5.95. The van der Waals surface area contributed by atoms with Crippen LogP contribution >= 0.6 is 0 Å². The highest BCUT2D eigenvalue weighted by Gasteiger charge is 2.28. The molecule has 0 heterocycles. The molecule has 0 aromatic heterocycles. The lowest BCUT2D eigenvalue weighted by atomic mass is 9.81. The standard InChI is InChI=1S/C24H29NO5/c1-25(20-12-9-18(10-13-20)17-7-5-4-6-8-17)24(27)19-11-14-21(22(15-19)28-2)30-16-23(26)29-3/h4-8,11,14-15,18,20H,9-10,12-13,16H2,1-3H3. The van der Waals surface area contributed by atoms with Crippen LogP contribution in [-0.4, -0.2) is 50.7 Å². The van der Waals surface area contributed by atoms with Crippen molar-refractivity contribution >= 4 is 11.9 Å². The fraction of sp³-hybridized carbons (Fsp3) is 0.417. The molecule has 0 saturated heterocycles. The van der Waals surface area contributed by atoms with Gasteiger partial charge in [-0.2, -0.15) is 0 Å². The number of benzene rings is 2. The summed E-state index contributed by atoms with van der Waals surface area (Å²) in [6, 6.07) is 15.8. The summed E-state index contributed by atoms with van der Waals surface area (Å²) in [6.45, 7) is -0.218. The third kappa shape index (κ3) is 5.12. The molecule has 0 unspecified atom stereocenters. The van der Waals surface area contributed by atoms with Gasteiger partial charge in [-0.1, -0.05) is 30.3 Å². The van der Waals surface area contributed by atoms with Crippen molar-refractivity contribution in [1.82, 2.24) is 4.90 Å². The zero-order chi connectivity index (χ0) is 21.5. The van der Waals surface area contributed by atoms with Gasteiger partial charge in [0.2, 0.25) is 0 Å². The molecular weight excluding hydrogens is 382 g/mol. The van der Waals surface area contributed by atoms with Crippen molar-refractivity contribution in [2.75, 3.05) is 27.9 Å². The van der Waals surface area contributed by atoms with Gasteiger partial charge in [0.05, 0.1) is 14.2 Å². The van der Waals surface area contributed by atoms with E-state index in [0.29, 0.717) is 23.0 Å². The topological polar surface area (TPSA) is 65.1 Å². The Morgan fingerprint density at radius 3 is 2.30 bits per heavy atom. The molecule has 0 aliphatic heterocycles. The van der Waals surface area contributed by atoms with Gasteiger partial charge >= 0.3 is 5.97 Å². The largest absolute Gasteiger partial charge is 0.493 e. The number of carbonyl (C=O) groups excluding carboxylic acids is 2. The van der Waals surface area contributed by atoms with Crippen molar-refractivity contribution < 1.29 is 23.8 Å². The molecule has 1 aliphatic rings. The van der Waals surface area contributed by atoms with E-state index in [9.17, 15) is 9.59 Å². The Bertz CT molecular complexity index is 859. The first-order chi connectivity index (χ1) is 14.5. The number of nitrogens with zero attached hydrogens (tertiary/aromatic N) is 1. The summed E-state index contributed by atoms with van der Waals surface area (Å²) >= 11 is 0. The Labute approximate surface area is 177 Å². The number of hydrogen-bond acceptors (Lipinski definition) is 5. The lowest BCUT2D eigenvalue weighted by molar-refractivity contribution is -0.142. The van der Waals surface area contributed by atoms with Crippen molar-refractivity contribution in [3.8, 4) is 11.5 Å². The van der Waals surface area contributed by atoms with Gasteiger partial charge in [0.25, 0.3) is 5.91 Å². The van der Waals surface area contributed by atoms with Gasteiger partial charge in [0.15, 0.2) is 18.1 Å². The fourth-order valence-electron chi connectivity index (χ4n) is 4.01. The summed E-state index contributed by atoms with van der Waals surface area (Å²) in [6.07, 6.45) is 4.13. The Morgan fingerprint density at radius 1 is 0.967 bits per heavy atom. The lowest BCUT2D eigenvalue weighted by Gasteiger charge is -2.35. The van der Waals surface area contributed by atoms with E-state index < -0.39 is 5.97 Å². The maximum Gasteiger partial charge on any atom is 0.343 e. The van der Waals surface area contributed by atoms with Gasteiger partial charge in [-0.05, 0) is 55.4 Å². The maximum atomic E-state index is 13.0. The summed E-state index contributed by atoms with van der Waals surface area (Å²) in [5.41, 5.74) is 1.92. The molecule has 1 fully saturated rings. The molecule has 0 radical (unpaired) electrons. The van der Waals surface area contributed by atoms with Crippen LogP contribution in [0.5, 0.6) is 11.5 Å². The van der Waals surface area contributed by atoms with E-state index in [1.165, 1.54) is 19.8 Å². The van der Waals surface area contributed by atoms with Crippen molar-refractivity contribution in [2.45, 2.75) is 37.6 Å². The number of methoxy groups -OCH3 is 2. The van der Waals surface area contributed by atoms with Gasteiger partial charge < -0.3 is 19.1 Å². The van der Waals surface area contributed by atoms with Gasteiger partial charge in [0, 0.05) is 18.7 Å². The van der Waals surface area contributed by atoms with Crippen LogP contribution in [0.25, 0.3) is 0 Å². The van der Waals surface area contributed by atoms with Crippen LogP contribution in [0.1, 0.15) is 47.5 Å². The second-order valence-corrected chi connectivity index (χ2v) is 7.56. The SMILES string of the molecule is COC(=O)COc1ccc(C(=O)N(C)C2CCC(c3ccccc3)CC2)cc1OC. The van der Waals surface area contributed by atoms with Crippen LogP contribution in [0.4, 0.5) is 0 Å². The predicted molar refractivity (Wildman–Crippen MR) is 114 cm³/mol. The number of hydrogen-bond donors (Lipinski definition) is 0. The summed E-state index contributed by atoms with van der Waals surface area (Å²) in [7, 11) is 4.67. The van der Waals surface area contributed by atoms with E-state index in [1.54, 1.807) is 18.2 Å². The number of esters is 1. The van der Waals surface area contributed by atoms with Gasteiger partial charge in [-0.25, -0.2) is 4.79 Å². The molecule has 0 bridgehead atoms. The third-order valence-corrected chi connectivity index (χ3v) is 5.82. The van der Waals surface area contributed by atoms with Crippen LogP contribution in [-0.2, 0) is 9.53 Å². The molecular formula is C24H29NO5. The number of rotatable bonds is 7. The molecule has 6 heteroatoms. The maximum absolute atomic E-state index is 13.0. The van der Waals surface area contributed by atoms with Crippen LogP contribution in [0.15, 0.2) is 48.5 Å². The minimum atomic E-state index is -0.483. The lowest BCUT2D eigenvalue weighted by Crippen LogP contribution is -2.39. The summed E-state index contributed by atoms with van der Waals surface area (Å²) in [4.78, 5) is 26.2. The molecule has 2 aromatic rings.